The zero-order valence-electron chi connectivity index (χ0n) is 20.6. The van der Waals surface area contributed by atoms with Crippen LogP contribution < -0.4 is 0 Å². The first-order chi connectivity index (χ1) is 14.6. The maximum absolute atomic E-state index is 11.9. The Labute approximate surface area is 191 Å². The second-order valence-electron chi connectivity index (χ2n) is 11.7. The smallest absolute Gasteiger partial charge is 0.410 e. The van der Waals surface area contributed by atoms with E-state index in [0.717, 1.165) is 12.8 Å². The predicted molar refractivity (Wildman–Crippen MR) is 118 cm³/mol. The van der Waals surface area contributed by atoms with Gasteiger partial charge in [0.2, 0.25) is 0 Å². The largest absolute Gasteiger partial charge is 0.444 e. The fourth-order valence-corrected chi connectivity index (χ4v) is 5.50. The second kappa shape index (κ2) is 8.34. The van der Waals surface area contributed by atoms with Crippen LogP contribution in [0.15, 0.2) is 0 Å². The number of fused-ring (bicyclic) bond motifs is 2. The quantitative estimate of drug-likeness (QED) is 0.637. The van der Waals surface area contributed by atoms with Crippen LogP contribution in [0.25, 0.3) is 0 Å². The number of amides is 2. The van der Waals surface area contributed by atoms with Crippen molar-refractivity contribution in [1.82, 2.24) is 9.80 Å². The van der Waals surface area contributed by atoms with E-state index < -0.39 is 11.2 Å². The van der Waals surface area contributed by atoms with Gasteiger partial charge in [0.25, 0.3) is 0 Å². The van der Waals surface area contributed by atoms with Gasteiger partial charge in [-0.05, 0) is 80.1 Å². The molecule has 8 nitrogen and oxygen atoms in total. The Kier molecular flexibility index (Phi) is 6.39. The Morgan fingerprint density at radius 3 is 1.19 bits per heavy atom. The van der Waals surface area contributed by atoms with Crippen molar-refractivity contribution in [2.24, 2.45) is 23.7 Å². The topological polar surface area (TPSA) is 93.2 Å². The molecule has 0 aromatic rings. The summed E-state index contributed by atoms with van der Waals surface area (Å²) in [6.45, 7) is 15.7. The van der Waals surface area contributed by atoms with Crippen LogP contribution >= 0.6 is 0 Å². The van der Waals surface area contributed by atoms with Gasteiger partial charge in [0.15, 0.2) is 0 Å². The van der Waals surface area contributed by atoms with Crippen molar-refractivity contribution in [3.05, 3.63) is 0 Å². The van der Waals surface area contributed by atoms with Gasteiger partial charge in [-0.1, -0.05) is 0 Å². The maximum Gasteiger partial charge on any atom is 0.410 e. The van der Waals surface area contributed by atoms with Crippen LogP contribution in [-0.4, -0.2) is 69.9 Å². The van der Waals surface area contributed by atoms with Crippen molar-refractivity contribution in [3.8, 4) is 0 Å². The molecule has 6 atom stereocenters. The number of carbonyl (C=O) groups excluding carboxylic acids is 4. The normalized spacial score (nSPS) is 32.2. The molecular formula is C24H38N2O6. The number of rotatable bonds is 2. The van der Waals surface area contributed by atoms with Crippen molar-refractivity contribution in [2.75, 3.05) is 13.1 Å². The molecule has 6 fully saturated rings. The number of Topliss-reactive ketones (excluding diaryl/α,β-unsaturated/α-hetero) is 2. The summed E-state index contributed by atoms with van der Waals surface area (Å²) >= 11 is 0. The number of ether oxygens (including phenoxy) is 2. The van der Waals surface area contributed by atoms with Crippen LogP contribution in [0.4, 0.5) is 9.59 Å². The zero-order valence-corrected chi connectivity index (χ0v) is 20.6. The molecule has 2 amide bonds. The molecule has 0 spiro atoms. The molecule has 6 rings (SSSR count). The third-order valence-corrected chi connectivity index (χ3v) is 6.79. The molecule has 0 unspecified atom stereocenters. The number of ketones is 2. The first-order valence-corrected chi connectivity index (χ1v) is 11.6. The van der Waals surface area contributed by atoms with E-state index in [9.17, 15) is 19.2 Å². The standard InChI is InChI=1S/2C12H19NO3/c2*1-7(14)10-8-5-9(10)13(6-8)11(15)16-12(2,3)4/h2*8-10H,5-6H2,1-4H3/t8-,9-,10+;8-,9-,10-/m10/s1. The molecule has 4 heterocycles. The van der Waals surface area contributed by atoms with Gasteiger partial charge in [0.1, 0.15) is 22.8 Å². The van der Waals surface area contributed by atoms with E-state index in [1.54, 1.807) is 23.6 Å². The first-order valence-electron chi connectivity index (χ1n) is 11.6. The Hall–Kier alpha value is -2.12. The zero-order chi connectivity index (χ0) is 24.2. The van der Waals surface area contributed by atoms with Crippen molar-refractivity contribution in [2.45, 2.75) is 91.5 Å². The molecule has 4 aliphatic heterocycles. The van der Waals surface area contributed by atoms with E-state index in [1.807, 2.05) is 41.5 Å². The summed E-state index contributed by atoms with van der Waals surface area (Å²) in [5.41, 5.74) is -0.925. The minimum Gasteiger partial charge on any atom is -0.444 e. The van der Waals surface area contributed by atoms with Crippen LogP contribution in [0.3, 0.4) is 0 Å². The highest BCUT2D eigenvalue weighted by atomic mass is 16.6. The molecule has 0 radical (unpaired) electrons. The fourth-order valence-electron chi connectivity index (χ4n) is 5.50. The summed E-state index contributed by atoms with van der Waals surface area (Å²) in [4.78, 5) is 49.9. The van der Waals surface area contributed by atoms with Crippen molar-refractivity contribution < 1.29 is 28.7 Å². The lowest BCUT2D eigenvalue weighted by Gasteiger charge is -2.34. The van der Waals surface area contributed by atoms with E-state index in [0.29, 0.717) is 24.9 Å². The van der Waals surface area contributed by atoms with Gasteiger partial charge in [0, 0.05) is 37.0 Å². The van der Waals surface area contributed by atoms with Crippen molar-refractivity contribution in [3.63, 3.8) is 0 Å². The summed E-state index contributed by atoms with van der Waals surface area (Å²) in [6, 6.07) is 0.190. The van der Waals surface area contributed by atoms with E-state index in [1.165, 1.54) is 0 Å². The molecular weight excluding hydrogens is 412 g/mol. The Balaban J connectivity index is 0.000000181. The van der Waals surface area contributed by atoms with E-state index >= 15 is 0 Å². The highest BCUT2D eigenvalue weighted by molar-refractivity contribution is 5.83. The highest BCUT2D eigenvalue weighted by Gasteiger charge is 2.57. The summed E-state index contributed by atoms with van der Waals surface area (Å²) in [5, 5.41) is 0. The highest BCUT2D eigenvalue weighted by Crippen LogP contribution is 2.48. The van der Waals surface area contributed by atoms with Crippen molar-refractivity contribution in [1.29, 1.82) is 0 Å². The number of nitrogens with zero attached hydrogens (tertiary/aromatic N) is 2. The van der Waals surface area contributed by atoms with Gasteiger partial charge in [-0.15, -0.1) is 0 Å². The van der Waals surface area contributed by atoms with Gasteiger partial charge in [-0.2, -0.15) is 0 Å². The molecule has 4 saturated heterocycles. The van der Waals surface area contributed by atoms with Gasteiger partial charge >= 0.3 is 12.2 Å². The van der Waals surface area contributed by atoms with E-state index in [4.69, 9.17) is 9.47 Å². The molecule has 0 aromatic heterocycles. The SMILES string of the molecule is CC(=O)[C@H]1[C@@H]2C[C@H]1N(C(=O)OC(C)(C)C)C2.CC(=O)[C@H]1[C@H]2C[C@@H]1N(C(=O)OC(C)(C)C)C2. The van der Waals surface area contributed by atoms with Crippen LogP contribution in [0.2, 0.25) is 0 Å². The molecule has 180 valence electrons. The monoisotopic (exact) mass is 450 g/mol. The molecule has 2 saturated carbocycles. The van der Waals surface area contributed by atoms with Gasteiger partial charge in [0.05, 0.1) is 0 Å². The van der Waals surface area contributed by atoms with Gasteiger partial charge in [-0.3, -0.25) is 9.59 Å². The van der Waals surface area contributed by atoms with Crippen LogP contribution in [0.1, 0.15) is 68.2 Å². The number of hydrogen-bond acceptors (Lipinski definition) is 6. The van der Waals surface area contributed by atoms with E-state index in [-0.39, 0.29) is 47.7 Å². The van der Waals surface area contributed by atoms with Crippen LogP contribution in [0, 0.1) is 23.7 Å². The Morgan fingerprint density at radius 2 is 0.969 bits per heavy atom. The minimum absolute atomic E-state index is 0.0625. The van der Waals surface area contributed by atoms with Crippen LogP contribution in [0.5, 0.6) is 0 Å². The predicted octanol–water partition coefficient (Wildman–Crippen LogP) is 3.66. The fraction of sp³-hybridized carbons (Fsp3) is 0.833. The lowest BCUT2D eigenvalue weighted by atomic mass is 9.72. The lowest BCUT2D eigenvalue weighted by molar-refractivity contribution is -0.126. The molecule has 6 aliphatic rings. The molecule has 32 heavy (non-hydrogen) atoms. The Morgan fingerprint density at radius 1 is 0.656 bits per heavy atom. The van der Waals surface area contributed by atoms with E-state index in [2.05, 4.69) is 0 Å². The minimum atomic E-state index is -0.463. The third kappa shape index (κ3) is 4.94. The average Bonchev–Trinajstić information content (AvgIpc) is 3.29. The number of carbonyl (C=O) groups is 4. The molecule has 4 bridgehead atoms. The number of hydrogen-bond donors (Lipinski definition) is 0. The maximum atomic E-state index is 11.9. The molecule has 0 N–H and O–H groups in total. The third-order valence-electron chi connectivity index (χ3n) is 6.79. The average molecular weight is 451 g/mol. The van der Waals surface area contributed by atoms with Crippen LogP contribution in [-0.2, 0) is 19.1 Å². The van der Waals surface area contributed by atoms with Gasteiger partial charge < -0.3 is 19.3 Å². The summed E-state index contributed by atoms with van der Waals surface area (Å²) in [5.74, 6) is 1.27. The summed E-state index contributed by atoms with van der Waals surface area (Å²) in [6.07, 6.45) is 1.37. The second-order valence-corrected chi connectivity index (χ2v) is 11.7. The van der Waals surface area contributed by atoms with Gasteiger partial charge in [-0.25, -0.2) is 9.59 Å². The Bertz CT molecular complexity index is 729. The molecule has 0 aromatic carbocycles. The first kappa shape index (κ1) is 24.5. The molecule has 2 aliphatic carbocycles. The summed E-state index contributed by atoms with van der Waals surface area (Å²) in [7, 11) is 0. The summed E-state index contributed by atoms with van der Waals surface area (Å²) < 4.78 is 10.6. The molecule has 8 heteroatoms. The lowest BCUT2D eigenvalue weighted by Crippen LogP contribution is -2.45. The van der Waals surface area contributed by atoms with Crippen molar-refractivity contribution >= 4 is 23.8 Å².